The van der Waals surface area contributed by atoms with Crippen molar-refractivity contribution in [2.24, 2.45) is 10.2 Å². The summed E-state index contributed by atoms with van der Waals surface area (Å²) in [6.07, 6.45) is 0. The first-order chi connectivity index (χ1) is 11.4. The summed E-state index contributed by atoms with van der Waals surface area (Å²) in [7, 11) is 0. The number of hydrogen-bond donors (Lipinski definition) is 1. The number of halogens is 2. The van der Waals surface area contributed by atoms with Crippen LogP contribution in [-0.4, -0.2) is 17.7 Å². The molecule has 2 rings (SSSR count). The molecule has 1 aromatic carbocycles. The van der Waals surface area contributed by atoms with Gasteiger partial charge in [0, 0.05) is 6.07 Å². The molecule has 1 N–H and O–H groups in total. The van der Waals surface area contributed by atoms with Gasteiger partial charge in [0.15, 0.2) is 5.00 Å². The minimum atomic E-state index is -0.573. The fourth-order valence-corrected chi connectivity index (χ4v) is 3.09. The van der Waals surface area contributed by atoms with Crippen LogP contribution in [0, 0.1) is 18.3 Å². The minimum absolute atomic E-state index is 0.0686. The molecule has 0 spiro atoms. The Hall–Kier alpha value is -2.14. The van der Waals surface area contributed by atoms with E-state index in [-0.39, 0.29) is 38.7 Å². The highest BCUT2D eigenvalue weighted by Gasteiger charge is 2.22. The monoisotopic (exact) mass is 383 g/mol. The number of rotatable bonds is 4. The first-order valence-corrected chi connectivity index (χ1v) is 8.26. The van der Waals surface area contributed by atoms with Crippen molar-refractivity contribution in [1.29, 1.82) is 5.26 Å². The van der Waals surface area contributed by atoms with Crippen LogP contribution in [0.15, 0.2) is 22.4 Å². The Balaban J connectivity index is 2.48. The van der Waals surface area contributed by atoms with E-state index >= 15 is 0 Å². The fraction of sp³-hybridized carbons (Fsp3) is 0.200. The lowest BCUT2D eigenvalue weighted by atomic mass is 10.1. The van der Waals surface area contributed by atoms with Gasteiger partial charge in [-0.15, -0.1) is 21.6 Å². The summed E-state index contributed by atoms with van der Waals surface area (Å²) in [6, 6.07) is 4.59. The molecule has 1 heterocycles. The minimum Gasteiger partial charge on any atom is -0.506 e. The largest absolute Gasteiger partial charge is 0.506 e. The number of aromatic hydroxyl groups is 1. The maximum Gasteiger partial charge on any atom is 0.341 e. The van der Waals surface area contributed by atoms with Crippen LogP contribution in [0.5, 0.6) is 5.75 Å². The topological polar surface area (TPSA) is 95.0 Å². The molecule has 0 radical (unpaired) electrons. The average molecular weight is 384 g/mol. The molecule has 24 heavy (non-hydrogen) atoms. The Morgan fingerprint density at radius 3 is 2.71 bits per heavy atom. The number of phenolic OH excluding ortho intramolecular Hbond substituents is 1. The number of carbonyl (C=O) groups excluding carboxylic acids is 1. The molecule has 0 aliphatic carbocycles. The van der Waals surface area contributed by atoms with Gasteiger partial charge in [-0.2, -0.15) is 5.26 Å². The van der Waals surface area contributed by atoms with E-state index in [4.69, 9.17) is 33.2 Å². The highest BCUT2D eigenvalue weighted by molar-refractivity contribution is 7.16. The number of azo groups is 1. The maximum atomic E-state index is 12.1. The van der Waals surface area contributed by atoms with E-state index in [1.807, 2.05) is 6.07 Å². The third-order valence-electron chi connectivity index (χ3n) is 2.97. The van der Waals surface area contributed by atoms with Gasteiger partial charge < -0.3 is 9.84 Å². The van der Waals surface area contributed by atoms with Crippen molar-refractivity contribution < 1.29 is 14.6 Å². The molecular weight excluding hydrogens is 373 g/mol. The molecule has 0 fully saturated rings. The number of hydrogen-bond acceptors (Lipinski definition) is 7. The van der Waals surface area contributed by atoms with Gasteiger partial charge >= 0.3 is 5.97 Å². The zero-order valence-electron chi connectivity index (χ0n) is 12.6. The van der Waals surface area contributed by atoms with E-state index in [2.05, 4.69) is 10.2 Å². The highest BCUT2D eigenvalue weighted by atomic mass is 35.5. The number of thiophene rings is 1. The van der Waals surface area contributed by atoms with Gasteiger partial charge in [-0.05, 0) is 25.5 Å². The zero-order valence-corrected chi connectivity index (χ0v) is 15.0. The fourth-order valence-electron chi connectivity index (χ4n) is 1.82. The predicted molar refractivity (Wildman–Crippen MR) is 92.0 cm³/mol. The van der Waals surface area contributed by atoms with Gasteiger partial charge in [0.2, 0.25) is 0 Å². The highest BCUT2D eigenvalue weighted by Crippen LogP contribution is 2.39. The van der Waals surface area contributed by atoms with Gasteiger partial charge in [-0.3, -0.25) is 0 Å². The lowest BCUT2D eigenvalue weighted by Crippen LogP contribution is -2.05. The first kappa shape index (κ1) is 18.2. The molecule has 0 bridgehead atoms. The van der Waals surface area contributed by atoms with Crippen molar-refractivity contribution in [3.63, 3.8) is 0 Å². The average Bonchev–Trinajstić information content (AvgIpc) is 2.85. The quantitative estimate of drug-likeness (QED) is 0.554. The summed E-state index contributed by atoms with van der Waals surface area (Å²) >= 11 is 12.8. The van der Waals surface area contributed by atoms with E-state index in [1.165, 1.54) is 12.1 Å². The summed E-state index contributed by atoms with van der Waals surface area (Å²) in [4.78, 5) is 12.4. The zero-order chi connectivity index (χ0) is 17.9. The summed E-state index contributed by atoms with van der Waals surface area (Å²) in [6.45, 7) is 3.53. The SMILES string of the molecule is CCOC(=O)c1c(N=Nc2cc(Cl)c(O)cc2Cl)sc(C#N)c1C. The van der Waals surface area contributed by atoms with E-state index < -0.39 is 5.97 Å². The third kappa shape index (κ3) is 3.67. The number of benzene rings is 1. The van der Waals surface area contributed by atoms with Crippen LogP contribution in [0.3, 0.4) is 0 Å². The van der Waals surface area contributed by atoms with Crippen molar-refractivity contribution in [3.05, 3.63) is 38.2 Å². The van der Waals surface area contributed by atoms with Crippen molar-refractivity contribution in [2.75, 3.05) is 6.61 Å². The number of nitrogens with zero attached hydrogens (tertiary/aromatic N) is 3. The van der Waals surface area contributed by atoms with Crippen LogP contribution in [0.2, 0.25) is 10.0 Å². The second-order valence-corrected chi connectivity index (χ2v) is 6.34. The van der Waals surface area contributed by atoms with Crippen molar-refractivity contribution in [3.8, 4) is 11.8 Å². The molecule has 6 nitrogen and oxygen atoms in total. The second-order valence-electron chi connectivity index (χ2n) is 4.52. The Morgan fingerprint density at radius 1 is 1.38 bits per heavy atom. The van der Waals surface area contributed by atoms with Crippen LogP contribution >= 0.6 is 34.5 Å². The van der Waals surface area contributed by atoms with Crippen LogP contribution in [-0.2, 0) is 4.74 Å². The summed E-state index contributed by atoms with van der Waals surface area (Å²) in [5, 5.41) is 27.0. The molecule has 0 aliphatic heterocycles. The molecule has 0 amide bonds. The van der Waals surface area contributed by atoms with Crippen molar-refractivity contribution >= 4 is 51.2 Å². The normalized spacial score (nSPS) is 10.8. The summed E-state index contributed by atoms with van der Waals surface area (Å²) < 4.78 is 4.99. The Bertz CT molecular complexity index is 872. The van der Waals surface area contributed by atoms with Gasteiger partial charge in [0.05, 0.1) is 16.7 Å². The van der Waals surface area contributed by atoms with Gasteiger partial charge in [-0.25, -0.2) is 4.79 Å². The van der Waals surface area contributed by atoms with E-state index in [1.54, 1.807) is 13.8 Å². The summed E-state index contributed by atoms with van der Waals surface area (Å²) in [5.74, 6) is -0.747. The van der Waals surface area contributed by atoms with Crippen LogP contribution in [0.25, 0.3) is 0 Å². The number of ether oxygens (including phenoxy) is 1. The number of carbonyl (C=O) groups is 1. The molecule has 2 aromatic rings. The van der Waals surface area contributed by atoms with E-state index in [9.17, 15) is 9.90 Å². The molecule has 124 valence electrons. The van der Waals surface area contributed by atoms with Crippen molar-refractivity contribution in [1.82, 2.24) is 0 Å². The van der Waals surface area contributed by atoms with Gasteiger partial charge in [-0.1, -0.05) is 23.2 Å². The Labute approximate surface area is 151 Å². The van der Waals surface area contributed by atoms with Crippen LogP contribution in [0.1, 0.15) is 27.7 Å². The third-order valence-corrected chi connectivity index (χ3v) is 4.66. The molecule has 0 aliphatic rings. The Morgan fingerprint density at radius 2 is 2.08 bits per heavy atom. The molecule has 0 saturated heterocycles. The van der Waals surface area contributed by atoms with E-state index in [0.717, 1.165) is 11.3 Å². The number of nitriles is 1. The lowest BCUT2D eigenvalue weighted by molar-refractivity contribution is 0.0527. The Kier molecular flexibility index (Phi) is 5.78. The number of phenols is 1. The molecular formula is C15H11Cl2N3O3S. The molecule has 0 saturated carbocycles. The van der Waals surface area contributed by atoms with Crippen molar-refractivity contribution in [2.45, 2.75) is 13.8 Å². The van der Waals surface area contributed by atoms with Crippen LogP contribution < -0.4 is 0 Å². The maximum absolute atomic E-state index is 12.1. The molecule has 0 atom stereocenters. The predicted octanol–water partition coefficient (Wildman–Crippen LogP) is 5.53. The molecule has 9 heteroatoms. The molecule has 0 unspecified atom stereocenters. The molecule has 1 aromatic heterocycles. The van der Waals surface area contributed by atoms with E-state index in [0.29, 0.717) is 10.4 Å². The van der Waals surface area contributed by atoms with Gasteiger partial charge in [0.1, 0.15) is 27.9 Å². The van der Waals surface area contributed by atoms with Gasteiger partial charge in [0.25, 0.3) is 0 Å². The smallest absolute Gasteiger partial charge is 0.341 e. The number of esters is 1. The first-order valence-electron chi connectivity index (χ1n) is 6.69. The lowest BCUT2D eigenvalue weighted by Gasteiger charge is -2.02. The van der Waals surface area contributed by atoms with Crippen LogP contribution in [0.4, 0.5) is 10.7 Å². The standard InChI is InChI=1S/C15H11Cl2N3O3S/c1-3-23-15(22)13-7(2)12(6-18)24-14(13)20-19-10-4-9(17)11(21)5-8(10)16/h4-5,21H,3H2,1-2H3. The second kappa shape index (κ2) is 7.62. The summed E-state index contributed by atoms with van der Waals surface area (Å²) in [5.41, 5.74) is 0.909.